The van der Waals surface area contributed by atoms with Crippen molar-refractivity contribution in [3.05, 3.63) is 17.5 Å². The summed E-state index contributed by atoms with van der Waals surface area (Å²) in [5.41, 5.74) is 3.78. The summed E-state index contributed by atoms with van der Waals surface area (Å²) >= 11 is 1.65. The maximum Gasteiger partial charge on any atom is 0.147 e. The Bertz CT molecular complexity index is 997. The van der Waals surface area contributed by atoms with E-state index in [2.05, 4.69) is 20.2 Å². The number of aliphatic hydroxyl groups is 1. The van der Waals surface area contributed by atoms with Crippen LogP contribution >= 0.6 is 11.3 Å². The van der Waals surface area contributed by atoms with Crippen LogP contribution in [0.15, 0.2) is 6.33 Å². The molecule has 1 fully saturated rings. The maximum absolute atomic E-state index is 9.60. The largest absolute Gasteiger partial charge is 0.392 e. The van der Waals surface area contributed by atoms with Gasteiger partial charge >= 0.3 is 0 Å². The van der Waals surface area contributed by atoms with Crippen molar-refractivity contribution in [2.45, 2.75) is 32.3 Å². The van der Waals surface area contributed by atoms with E-state index in [0.717, 1.165) is 65.8 Å². The number of ether oxygens (including phenoxy) is 1. The second-order valence-corrected chi connectivity index (χ2v) is 8.26. The van der Waals surface area contributed by atoms with E-state index >= 15 is 0 Å². The van der Waals surface area contributed by atoms with Gasteiger partial charge in [0.25, 0.3) is 0 Å². The first-order valence-electron chi connectivity index (χ1n) is 9.56. The number of morpholine rings is 1. The molecule has 5 rings (SSSR count). The number of nitrogens with zero attached hydrogens (tertiary/aromatic N) is 4. The van der Waals surface area contributed by atoms with Crippen molar-refractivity contribution in [1.29, 1.82) is 0 Å². The van der Waals surface area contributed by atoms with Gasteiger partial charge in [0.05, 0.1) is 29.5 Å². The van der Waals surface area contributed by atoms with E-state index in [9.17, 15) is 5.11 Å². The monoisotopic (exact) mass is 385 g/mol. The van der Waals surface area contributed by atoms with Gasteiger partial charge in [-0.05, 0) is 37.3 Å². The Morgan fingerprint density at radius 3 is 2.89 bits per heavy atom. The first kappa shape index (κ1) is 17.1. The van der Waals surface area contributed by atoms with Crippen LogP contribution in [0.5, 0.6) is 0 Å². The van der Waals surface area contributed by atoms with Crippen LogP contribution in [0, 0.1) is 0 Å². The van der Waals surface area contributed by atoms with Crippen molar-refractivity contribution < 1.29 is 9.84 Å². The van der Waals surface area contributed by atoms with Crippen LogP contribution in [-0.4, -0.2) is 59.0 Å². The second-order valence-electron chi connectivity index (χ2n) is 7.26. The highest BCUT2D eigenvalue weighted by molar-refractivity contribution is 7.26. The third-order valence-electron chi connectivity index (χ3n) is 5.33. The van der Waals surface area contributed by atoms with Gasteiger partial charge in [-0.1, -0.05) is 0 Å². The summed E-state index contributed by atoms with van der Waals surface area (Å²) in [5, 5.41) is 14.0. The molecule has 1 atom stereocenters. The van der Waals surface area contributed by atoms with Gasteiger partial charge in [-0.15, -0.1) is 11.3 Å². The standard InChI is InChI=1S/C19H23N5O2S/c1-11(25)9-20-17-16-15(21-10-22-17)14-12-3-2-4-13(12)18(23-19(14)27-16)24-5-7-26-8-6-24/h10-11,25H,2-9H2,1H3,(H,20,21,22). The summed E-state index contributed by atoms with van der Waals surface area (Å²) in [6.07, 6.45) is 4.51. The third kappa shape index (κ3) is 2.92. The van der Waals surface area contributed by atoms with Crippen LogP contribution in [0.1, 0.15) is 24.5 Å². The summed E-state index contributed by atoms with van der Waals surface area (Å²) in [6, 6.07) is 0. The predicted octanol–water partition coefficient (Wildman–Crippen LogP) is 2.36. The van der Waals surface area contributed by atoms with Crippen molar-refractivity contribution in [2.75, 3.05) is 43.1 Å². The van der Waals surface area contributed by atoms with E-state index in [0.29, 0.717) is 6.54 Å². The topological polar surface area (TPSA) is 83.4 Å². The molecule has 2 aliphatic rings. The molecular formula is C19H23N5O2S. The third-order valence-corrected chi connectivity index (χ3v) is 6.41. The molecule has 4 heterocycles. The summed E-state index contributed by atoms with van der Waals surface area (Å²) in [7, 11) is 0. The number of thiophene rings is 1. The van der Waals surface area contributed by atoms with Crippen LogP contribution in [0.4, 0.5) is 11.6 Å². The molecule has 7 nitrogen and oxygen atoms in total. The minimum atomic E-state index is -0.431. The number of anilines is 2. The number of rotatable bonds is 4. The van der Waals surface area contributed by atoms with E-state index in [4.69, 9.17) is 9.72 Å². The van der Waals surface area contributed by atoms with E-state index in [-0.39, 0.29) is 0 Å². The number of aryl methyl sites for hydroxylation is 1. The second kappa shape index (κ2) is 6.85. The van der Waals surface area contributed by atoms with Crippen LogP contribution < -0.4 is 10.2 Å². The molecule has 0 spiro atoms. The van der Waals surface area contributed by atoms with Gasteiger partial charge in [0.2, 0.25) is 0 Å². The molecule has 3 aromatic heterocycles. The lowest BCUT2D eigenvalue weighted by Gasteiger charge is -2.29. The fourth-order valence-corrected chi connectivity index (χ4v) is 5.21. The summed E-state index contributed by atoms with van der Waals surface area (Å²) in [6.45, 7) is 5.55. The van der Waals surface area contributed by atoms with Gasteiger partial charge in [-0.25, -0.2) is 15.0 Å². The fraction of sp³-hybridized carbons (Fsp3) is 0.526. The summed E-state index contributed by atoms with van der Waals surface area (Å²) in [5.74, 6) is 1.92. The number of pyridine rings is 1. The molecule has 3 aromatic rings. The minimum absolute atomic E-state index is 0.431. The first-order valence-corrected chi connectivity index (χ1v) is 10.4. The molecule has 2 N–H and O–H groups in total. The van der Waals surface area contributed by atoms with Crippen LogP contribution in [0.25, 0.3) is 20.4 Å². The molecule has 0 bridgehead atoms. The number of nitrogens with one attached hydrogen (secondary N) is 1. The smallest absolute Gasteiger partial charge is 0.147 e. The van der Waals surface area contributed by atoms with Crippen molar-refractivity contribution in [1.82, 2.24) is 15.0 Å². The highest BCUT2D eigenvalue weighted by atomic mass is 32.1. The average molecular weight is 385 g/mol. The van der Waals surface area contributed by atoms with Crippen molar-refractivity contribution in [3.63, 3.8) is 0 Å². The SMILES string of the molecule is CC(O)CNc1ncnc2c1sc1nc(N3CCOCC3)c3c(c12)CCC3. The highest BCUT2D eigenvalue weighted by Crippen LogP contribution is 2.43. The minimum Gasteiger partial charge on any atom is -0.392 e. The molecule has 142 valence electrons. The van der Waals surface area contributed by atoms with Gasteiger partial charge in [0.1, 0.15) is 22.8 Å². The van der Waals surface area contributed by atoms with Crippen molar-refractivity contribution >= 4 is 43.4 Å². The fourth-order valence-electron chi connectivity index (χ4n) is 4.09. The lowest BCUT2D eigenvalue weighted by Crippen LogP contribution is -2.37. The molecule has 0 saturated carbocycles. The maximum atomic E-state index is 9.60. The molecule has 0 radical (unpaired) electrons. The Hall–Kier alpha value is -2.03. The number of hydrogen-bond acceptors (Lipinski definition) is 8. The van der Waals surface area contributed by atoms with Gasteiger partial charge in [-0.2, -0.15) is 0 Å². The quantitative estimate of drug-likeness (QED) is 0.713. The normalized spacial score (nSPS) is 18.2. The average Bonchev–Trinajstić information content (AvgIpc) is 3.30. The predicted molar refractivity (Wildman–Crippen MR) is 108 cm³/mol. The summed E-state index contributed by atoms with van der Waals surface area (Å²) < 4.78 is 6.55. The zero-order chi connectivity index (χ0) is 18.4. The number of aliphatic hydroxyl groups excluding tert-OH is 1. The molecule has 8 heteroatoms. The molecule has 1 saturated heterocycles. The molecule has 1 aliphatic carbocycles. The Balaban J connectivity index is 1.68. The van der Waals surface area contributed by atoms with E-state index in [1.54, 1.807) is 24.6 Å². The molecule has 1 unspecified atom stereocenters. The lowest BCUT2D eigenvalue weighted by molar-refractivity contribution is 0.122. The Morgan fingerprint density at radius 1 is 1.26 bits per heavy atom. The van der Waals surface area contributed by atoms with Crippen LogP contribution in [0.2, 0.25) is 0 Å². The van der Waals surface area contributed by atoms with E-state index in [1.807, 2.05) is 0 Å². The van der Waals surface area contributed by atoms with Crippen molar-refractivity contribution in [3.8, 4) is 0 Å². The van der Waals surface area contributed by atoms with Gasteiger partial charge in [0, 0.05) is 25.0 Å². The number of hydrogen-bond donors (Lipinski definition) is 2. The highest BCUT2D eigenvalue weighted by Gasteiger charge is 2.27. The lowest BCUT2D eigenvalue weighted by atomic mass is 10.1. The molecular weight excluding hydrogens is 362 g/mol. The summed E-state index contributed by atoms with van der Waals surface area (Å²) in [4.78, 5) is 17.5. The number of aromatic nitrogens is 3. The number of fused-ring (bicyclic) bond motifs is 5. The molecule has 0 aromatic carbocycles. The zero-order valence-corrected chi connectivity index (χ0v) is 16.2. The van der Waals surface area contributed by atoms with E-state index in [1.165, 1.54) is 22.9 Å². The zero-order valence-electron chi connectivity index (χ0n) is 15.4. The Kier molecular flexibility index (Phi) is 4.34. The van der Waals surface area contributed by atoms with Crippen LogP contribution in [-0.2, 0) is 17.6 Å². The molecule has 1 aliphatic heterocycles. The Labute approximate surface area is 161 Å². The molecule has 0 amide bonds. The first-order chi connectivity index (χ1) is 13.2. The van der Waals surface area contributed by atoms with Crippen LogP contribution in [0.3, 0.4) is 0 Å². The van der Waals surface area contributed by atoms with Gasteiger partial charge < -0.3 is 20.1 Å². The molecule has 27 heavy (non-hydrogen) atoms. The van der Waals surface area contributed by atoms with Gasteiger partial charge in [-0.3, -0.25) is 0 Å². The van der Waals surface area contributed by atoms with Gasteiger partial charge in [0.15, 0.2) is 0 Å². The van der Waals surface area contributed by atoms with Crippen molar-refractivity contribution in [2.24, 2.45) is 0 Å². The Morgan fingerprint density at radius 2 is 2.07 bits per heavy atom. The van der Waals surface area contributed by atoms with E-state index < -0.39 is 6.10 Å².